The molecule has 0 fully saturated rings. The second-order valence-electron chi connectivity index (χ2n) is 7.30. The molecule has 2 aliphatic rings. The zero-order chi connectivity index (χ0) is 20.5. The number of fused-ring (bicyclic) bond motifs is 2. The van der Waals surface area contributed by atoms with Crippen molar-refractivity contribution in [2.45, 2.75) is 43.7 Å². The van der Waals surface area contributed by atoms with Gasteiger partial charge in [0.25, 0.3) is 5.91 Å². The Morgan fingerprint density at radius 1 is 1.24 bits per heavy atom. The molecule has 0 radical (unpaired) electrons. The molecule has 2 aromatic rings. The van der Waals surface area contributed by atoms with Gasteiger partial charge in [0, 0.05) is 28.8 Å². The molecule has 0 spiro atoms. The molecule has 0 unspecified atom stereocenters. The minimum atomic E-state index is -0.918. The molecule has 6 nitrogen and oxygen atoms in total. The van der Waals surface area contributed by atoms with E-state index in [1.165, 1.54) is 0 Å². The molecule has 2 amide bonds. The lowest BCUT2D eigenvalue weighted by molar-refractivity contribution is -0.126. The Labute approximate surface area is 173 Å². The molecule has 150 valence electrons. The number of para-hydroxylation sites is 1. The summed E-state index contributed by atoms with van der Waals surface area (Å²) in [4.78, 5) is 40.0. The van der Waals surface area contributed by atoms with E-state index < -0.39 is 12.1 Å². The average Bonchev–Trinajstić information content (AvgIpc) is 2.91. The van der Waals surface area contributed by atoms with Crippen LogP contribution >= 0.6 is 11.8 Å². The van der Waals surface area contributed by atoms with Crippen LogP contribution in [0.2, 0.25) is 0 Å². The summed E-state index contributed by atoms with van der Waals surface area (Å²) in [6.45, 7) is 3.58. The van der Waals surface area contributed by atoms with E-state index in [1.807, 2.05) is 31.2 Å². The Balaban J connectivity index is 1.49. The molecular weight excluding hydrogens is 388 g/mol. The van der Waals surface area contributed by atoms with E-state index >= 15 is 0 Å². The fourth-order valence-corrected chi connectivity index (χ4v) is 4.66. The van der Waals surface area contributed by atoms with E-state index in [2.05, 4.69) is 5.32 Å². The monoisotopic (exact) mass is 410 g/mol. The molecule has 29 heavy (non-hydrogen) atoms. The van der Waals surface area contributed by atoms with Gasteiger partial charge < -0.3 is 15.0 Å². The van der Waals surface area contributed by atoms with Gasteiger partial charge >= 0.3 is 5.97 Å². The van der Waals surface area contributed by atoms with Crippen LogP contribution in [0.15, 0.2) is 47.4 Å². The summed E-state index contributed by atoms with van der Waals surface area (Å²) in [5, 5.41) is 2.81. The van der Waals surface area contributed by atoms with Crippen LogP contribution in [0, 0.1) is 0 Å². The molecule has 7 heteroatoms. The molecule has 2 atom stereocenters. The summed E-state index contributed by atoms with van der Waals surface area (Å²) in [6.07, 6.45) is 0.296. The van der Waals surface area contributed by atoms with Crippen LogP contribution in [0.3, 0.4) is 0 Å². The number of hydrogen-bond donors (Lipinski definition) is 1. The SMILES string of the molecule is C[C@H](OC(=O)c1ccc2c(c1)NC(=O)CCS2)C(=O)N1c2ccccc2C[C@@H]1C. The summed E-state index contributed by atoms with van der Waals surface area (Å²) >= 11 is 1.57. The van der Waals surface area contributed by atoms with E-state index in [-0.39, 0.29) is 17.9 Å². The first-order valence-electron chi connectivity index (χ1n) is 9.62. The first-order chi connectivity index (χ1) is 13.9. The van der Waals surface area contributed by atoms with Gasteiger partial charge in [0.1, 0.15) is 0 Å². The van der Waals surface area contributed by atoms with E-state index in [0.717, 1.165) is 22.6 Å². The number of esters is 1. The average molecular weight is 410 g/mol. The molecule has 0 saturated carbocycles. The molecular formula is C22H22N2O4S. The van der Waals surface area contributed by atoms with Crippen LogP contribution < -0.4 is 10.2 Å². The zero-order valence-electron chi connectivity index (χ0n) is 16.3. The predicted octanol–water partition coefficient (Wildman–Crippen LogP) is 3.64. The lowest BCUT2D eigenvalue weighted by atomic mass is 10.1. The van der Waals surface area contributed by atoms with Crippen LogP contribution in [0.25, 0.3) is 0 Å². The molecule has 4 rings (SSSR count). The number of carbonyl (C=O) groups excluding carboxylic acids is 3. The van der Waals surface area contributed by atoms with Gasteiger partial charge in [-0.05, 0) is 50.1 Å². The molecule has 0 bridgehead atoms. The topological polar surface area (TPSA) is 75.7 Å². The molecule has 0 saturated heterocycles. The minimum Gasteiger partial charge on any atom is -0.449 e. The lowest BCUT2D eigenvalue weighted by Crippen LogP contribution is -2.43. The maximum Gasteiger partial charge on any atom is 0.338 e. The fraction of sp³-hybridized carbons (Fsp3) is 0.318. The number of nitrogens with one attached hydrogen (secondary N) is 1. The van der Waals surface area contributed by atoms with Gasteiger partial charge in [-0.15, -0.1) is 11.8 Å². The van der Waals surface area contributed by atoms with Crippen molar-refractivity contribution in [3.63, 3.8) is 0 Å². The lowest BCUT2D eigenvalue weighted by Gasteiger charge is -2.26. The first kappa shape index (κ1) is 19.5. The highest BCUT2D eigenvalue weighted by Crippen LogP contribution is 2.33. The predicted molar refractivity (Wildman–Crippen MR) is 112 cm³/mol. The van der Waals surface area contributed by atoms with Crippen molar-refractivity contribution in [3.8, 4) is 0 Å². The van der Waals surface area contributed by atoms with Gasteiger partial charge in [-0.3, -0.25) is 9.59 Å². The van der Waals surface area contributed by atoms with Crippen molar-refractivity contribution in [1.82, 2.24) is 0 Å². The molecule has 0 aromatic heterocycles. The van der Waals surface area contributed by atoms with Gasteiger partial charge in [-0.2, -0.15) is 0 Å². The van der Waals surface area contributed by atoms with Gasteiger partial charge in [0.2, 0.25) is 5.91 Å². The summed E-state index contributed by atoms with van der Waals surface area (Å²) in [6, 6.07) is 12.9. The van der Waals surface area contributed by atoms with Gasteiger partial charge in [0.15, 0.2) is 6.10 Å². The van der Waals surface area contributed by atoms with Gasteiger partial charge in [-0.25, -0.2) is 4.79 Å². The van der Waals surface area contributed by atoms with Gasteiger partial charge in [-0.1, -0.05) is 18.2 Å². The summed E-state index contributed by atoms with van der Waals surface area (Å²) < 4.78 is 5.47. The number of amides is 2. The zero-order valence-corrected chi connectivity index (χ0v) is 17.1. The Kier molecular flexibility index (Phi) is 5.32. The molecule has 2 aliphatic heterocycles. The maximum absolute atomic E-state index is 13.0. The highest BCUT2D eigenvalue weighted by Gasteiger charge is 2.34. The third-order valence-electron chi connectivity index (χ3n) is 5.15. The van der Waals surface area contributed by atoms with Crippen molar-refractivity contribution < 1.29 is 19.1 Å². The summed E-state index contributed by atoms with van der Waals surface area (Å²) in [7, 11) is 0. The number of nitrogens with zero attached hydrogens (tertiary/aromatic N) is 1. The van der Waals surface area contributed by atoms with E-state index in [0.29, 0.717) is 23.4 Å². The van der Waals surface area contributed by atoms with E-state index in [9.17, 15) is 14.4 Å². The van der Waals surface area contributed by atoms with E-state index in [1.54, 1.807) is 41.8 Å². The van der Waals surface area contributed by atoms with Crippen molar-refractivity contribution in [3.05, 3.63) is 53.6 Å². The van der Waals surface area contributed by atoms with Crippen molar-refractivity contribution in [2.24, 2.45) is 0 Å². The van der Waals surface area contributed by atoms with E-state index in [4.69, 9.17) is 4.74 Å². The van der Waals surface area contributed by atoms with Crippen LogP contribution in [-0.2, 0) is 20.7 Å². The number of hydrogen-bond acceptors (Lipinski definition) is 5. The third kappa shape index (κ3) is 3.87. The number of ether oxygens (including phenoxy) is 1. The molecule has 2 aromatic carbocycles. The normalized spacial score (nSPS) is 18.9. The van der Waals surface area contributed by atoms with Gasteiger partial charge in [0.05, 0.1) is 11.3 Å². The second kappa shape index (κ2) is 7.91. The molecule has 1 N–H and O–H groups in total. The molecule has 2 heterocycles. The quantitative estimate of drug-likeness (QED) is 0.782. The summed E-state index contributed by atoms with van der Waals surface area (Å²) in [5.74, 6) is -0.206. The highest BCUT2D eigenvalue weighted by atomic mass is 32.2. The van der Waals surface area contributed by atoms with Crippen molar-refractivity contribution in [1.29, 1.82) is 0 Å². The Morgan fingerprint density at radius 2 is 2.03 bits per heavy atom. The van der Waals surface area contributed by atoms with Crippen LogP contribution in [-0.4, -0.2) is 35.7 Å². The van der Waals surface area contributed by atoms with Crippen LogP contribution in [0.5, 0.6) is 0 Å². The number of anilines is 2. The van der Waals surface area contributed by atoms with Crippen LogP contribution in [0.1, 0.15) is 36.2 Å². The number of carbonyl (C=O) groups is 3. The Morgan fingerprint density at radius 3 is 2.86 bits per heavy atom. The largest absolute Gasteiger partial charge is 0.449 e. The number of rotatable bonds is 3. The first-order valence-corrected chi connectivity index (χ1v) is 10.6. The molecule has 0 aliphatic carbocycles. The minimum absolute atomic E-state index is 0.0146. The smallest absolute Gasteiger partial charge is 0.338 e. The second-order valence-corrected chi connectivity index (χ2v) is 8.43. The van der Waals surface area contributed by atoms with Crippen molar-refractivity contribution in [2.75, 3.05) is 16.0 Å². The maximum atomic E-state index is 13.0. The summed E-state index contributed by atoms with van der Waals surface area (Å²) in [5.41, 5.74) is 2.90. The Bertz CT molecular complexity index is 991. The van der Waals surface area contributed by atoms with Crippen LogP contribution in [0.4, 0.5) is 11.4 Å². The third-order valence-corrected chi connectivity index (χ3v) is 6.23. The number of thioether (sulfide) groups is 1. The standard InChI is InChI=1S/C22H22N2O4S/c1-13-11-15-5-3-4-6-18(15)24(13)21(26)14(2)28-22(27)16-7-8-19-17(12-16)23-20(25)9-10-29-19/h3-8,12-14H,9-11H2,1-2H3,(H,23,25)/t13-,14-/m0/s1. The highest BCUT2D eigenvalue weighted by molar-refractivity contribution is 7.99. The Hall–Kier alpha value is -2.80. The van der Waals surface area contributed by atoms with Crippen molar-refractivity contribution >= 4 is 40.9 Å². The number of benzene rings is 2. The fourth-order valence-electron chi connectivity index (χ4n) is 3.72.